The fourth-order valence-corrected chi connectivity index (χ4v) is 2.69. The van der Waals surface area contributed by atoms with Crippen LogP contribution in [0.3, 0.4) is 0 Å². The molecule has 0 saturated carbocycles. The van der Waals surface area contributed by atoms with E-state index in [-0.39, 0.29) is 17.0 Å². The predicted octanol–water partition coefficient (Wildman–Crippen LogP) is 2.40. The fourth-order valence-electron chi connectivity index (χ4n) is 2.69. The number of nitrogens with zero attached hydrogens (tertiary/aromatic N) is 2. The van der Waals surface area contributed by atoms with Gasteiger partial charge in [0, 0.05) is 19.2 Å². The molecule has 1 aromatic heterocycles. The molecule has 122 valence electrons. The first kappa shape index (κ1) is 15.5. The third kappa shape index (κ3) is 2.34. The molecule has 8 nitrogen and oxygen atoms in total. The van der Waals surface area contributed by atoms with Crippen molar-refractivity contribution < 1.29 is 24.0 Å². The van der Waals surface area contributed by atoms with Crippen molar-refractivity contribution in [3.8, 4) is 0 Å². The van der Waals surface area contributed by atoms with Crippen LogP contribution in [0.4, 0.5) is 5.69 Å². The van der Waals surface area contributed by atoms with Crippen LogP contribution in [0, 0.1) is 10.1 Å². The van der Waals surface area contributed by atoms with E-state index in [2.05, 4.69) is 0 Å². The van der Waals surface area contributed by atoms with Gasteiger partial charge in [-0.15, -0.1) is 0 Å². The normalized spacial score (nSPS) is 17.5. The summed E-state index contributed by atoms with van der Waals surface area (Å²) in [7, 11) is 1.41. The molecule has 0 aliphatic carbocycles. The number of carbonyl (C=O) groups excluding carboxylic acids is 2. The predicted molar refractivity (Wildman–Crippen MR) is 81.3 cm³/mol. The summed E-state index contributed by atoms with van der Waals surface area (Å²) in [4.78, 5) is 36.2. The van der Waals surface area contributed by atoms with Crippen molar-refractivity contribution in [2.24, 2.45) is 0 Å². The SMILES string of the molecule is CN1C(=O)C(O)=C(C(=O)c2ccco2)C1c1cccc([N+](=O)[O-])c1. The number of Topliss-reactive ketones (excluding diaryl/α,β-unsaturated/α-hetero) is 1. The number of carbonyl (C=O) groups is 2. The van der Waals surface area contributed by atoms with Crippen molar-refractivity contribution in [1.82, 2.24) is 4.90 Å². The van der Waals surface area contributed by atoms with Crippen LogP contribution >= 0.6 is 0 Å². The highest BCUT2D eigenvalue weighted by molar-refractivity contribution is 6.14. The average molecular weight is 328 g/mol. The number of non-ortho nitro benzene ring substituents is 1. The van der Waals surface area contributed by atoms with Gasteiger partial charge in [0.1, 0.15) is 0 Å². The molecule has 0 bridgehead atoms. The minimum atomic E-state index is -0.935. The summed E-state index contributed by atoms with van der Waals surface area (Å²) in [6.07, 6.45) is 1.30. The molecule has 3 rings (SSSR count). The summed E-state index contributed by atoms with van der Waals surface area (Å²) in [5.74, 6) is -2.10. The van der Waals surface area contributed by atoms with Crippen LogP contribution in [-0.2, 0) is 4.79 Å². The topological polar surface area (TPSA) is 114 Å². The average Bonchev–Trinajstić information content (AvgIpc) is 3.18. The lowest BCUT2D eigenvalue weighted by atomic mass is 9.95. The van der Waals surface area contributed by atoms with E-state index in [1.165, 1.54) is 43.6 Å². The van der Waals surface area contributed by atoms with E-state index in [1.54, 1.807) is 6.07 Å². The van der Waals surface area contributed by atoms with Gasteiger partial charge in [0.05, 0.1) is 22.8 Å². The Morgan fingerprint density at radius 2 is 2.08 bits per heavy atom. The molecule has 1 aromatic carbocycles. The van der Waals surface area contributed by atoms with E-state index >= 15 is 0 Å². The Labute approximate surface area is 135 Å². The van der Waals surface area contributed by atoms with Crippen molar-refractivity contribution in [3.05, 3.63) is 75.4 Å². The van der Waals surface area contributed by atoms with E-state index in [4.69, 9.17) is 4.42 Å². The Kier molecular flexibility index (Phi) is 3.64. The Balaban J connectivity index is 2.11. The number of hydrogen-bond acceptors (Lipinski definition) is 6. The molecule has 1 amide bonds. The molecule has 1 unspecified atom stereocenters. The molecule has 24 heavy (non-hydrogen) atoms. The van der Waals surface area contributed by atoms with Crippen molar-refractivity contribution in [1.29, 1.82) is 0 Å². The lowest BCUT2D eigenvalue weighted by Crippen LogP contribution is -2.26. The number of furan rings is 1. The van der Waals surface area contributed by atoms with Crippen LogP contribution in [0.25, 0.3) is 0 Å². The summed E-state index contributed by atoms with van der Waals surface area (Å²) in [5, 5.41) is 21.1. The lowest BCUT2D eigenvalue weighted by Gasteiger charge is -2.22. The second-order valence-corrected chi connectivity index (χ2v) is 5.24. The van der Waals surface area contributed by atoms with Gasteiger partial charge in [-0.3, -0.25) is 19.7 Å². The number of aliphatic hydroxyl groups is 1. The van der Waals surface area contributed by atoms with Crippen LogP contribution in [0.1, 0.15) is 22.2 Å². The summed E-state index contributed by atoms with van der Waals surface area (Å²) in [5.41, 5.74) is 0.00138. The van der Waals surface area contributed by atoms with Gasteiger partial charge in [0.25, 0.3) is 11.6 Å². The number of hydrogen-bond donors (Lipinski definition) is 1. The van der Waals surface area contributed by atoms with Gasteiger partial charge in [-0.1, -0.05) is 12.1 Å². The fraction of sp³-hybridized carbons (Fsp3) is 0.125. The number of likely N-dealkylation sites (N-methyl/N-ethyl adjacent to an activating group) is 1. The first-order valence-corrected chi connectivity index (χ1v) is 6.94. The highest BCUT2D eigenvalue weighted by atomic mass is 16.6. The second-order valence-electron chi connectivity index (χ2n) is 5.24. The van der Waals surface area contributed by atoms with Gasteiger partial charge < -0.3 is 14.4 Å². The van der Waals surface area contributed by atoms with Gasteiger partial charge in [-0.2, -0.15) is 0 Å². The summed E-state index contributed by atoms with van der Waals surface area (Å²) in [6.45, 7) is 0. The molecule has 1 aliphatic rings. The van der Waals surface area contributed by atoms with E-state index in [1.807, 2.05) is 0 Å². The Morgan fingerprint density at radius 3 is 2.71 bits per heavy atom. The quantitative estimate of drug-likeness (QED) is 0.523. The monoisotopic (exact) mass is 328 g/mol. The first-order chi connectivity index (χ1) is 11.4. The highest BCUT2D eigenvalue weighted by Crippen LogP contribution is 2.38. The number of nitro benzene ring substituents is 1. The zero-order valence-corrected chi connectivity index (χ0v) is 12.5. The van der Waals surface area contributed by atoms with Gasteiger partial charge >= 0.3 is 0 Å². The molecule has 1 N–H and O–H groups in total. The van der Waals surface area contributed by atoms with Gasteiger partial charge in [-0.05, 0) is 17.7 Å². The van der Waals surface area contributed by atoms with Crippen molar-refractivity contribution in [2.75, 3.05) is 7.05 Å². The first-order valence-electron chi connectivity index (χ1n) is 6.94. The van der Waals surface area contributed by atoms with Crippen LogP contribution in [0.5, 0.6) is 0 Å². The molecule has 2 aromatic rings. The van der Waals surface area contributed by atoms with Crippen LogP contribution in [0.2, 0.25) is 0 Å². The molecule has 0 radical (unpaired) electrons. The molecule has 2 heterocycles. The van der Waals surface area contributed by atoms with Gasteiger partial charge in [0.15, 0.2) is 11.5 Å². The number of ketones is 1. The molecular weight excluding hydrogens is 316 g/mol. The lowest BCUT2D eigenvalue weighted by molar-refractivity contribution is -0.384. The molecule has 1 aliphatic heterocycles. The number of amides is 1. The maximum Gasteiger partial charge on any atom is 0.289 e. The summed E-state index contributed by atoms with van der Waals surface area (Å²) >= 11 is 0. The third-order valence-electron chi connectivity index (χ3n) is 3.83. The van der Waals surface area contributed by atoms with Crippen LogP contribution < -0.4 is 0 Å². The van der Waals surface area contributed by atoms with Crippen LogP contribution in [-0.4, -0.2) is 33.7 Å². The molecule has 1 atom stereocenters. The minimum absolute atomic E-state index is 0.0323. The van der Waals surface area contributed by atoms with Crippen LogP contribution in [0.15, 0.2) is 58.4 Å². The van der Waals surface area contributed by atoms with Crippen molar-refractivity contribution >= 4 is 17.4 Å². The van der Waals surface area contributed by atoms with E-state index in [0.717, 1.165) is 4.90 Å². The standard InChI is InChI=1S/C16H12N2O6/c1-17-13(9-4-2-5-10(8-9)18(22)23)12(15(20)16(17)21)14(19)11-6-3-7-24-11/h2-8,13,20H,1H3. The van der Waals surface area contributed by atoms with E-state index in [9.17, 15) is 24.8 Å². The molecular formula is C16H12N2O6. The Hall–Kier alpha value is -3.42. The van der Waals surface area contributed by atoms with Gasteiger partial charge in [0.2, 0.25) is 5.78 Å². The molecule has 0 fully saturated rings. The van der Waals surface area contributed by atoms with E-state index < -0.39 is 28.4 Å². The van der Waals surface area contributed by atoms with Crippen molar-refractivity contribution in [2.45, 2.75) is 6.04 Å². The maximum absolute atomic E-state index is 12.6. The highest BCUT2D eigenvalue weighted by Gasteiger charge is 2.42. The summed E-state index contributed by atoms with van der Waals surface area (Å²) < 4.78 is 5.04. The maximum atomic E-state index is 12.6. The third-order valence-corrected chi connectivity index (χ3v) is 3.83. The number of nitro groups is 1. The Morgan fingerprint density at radius 1 is 1.33 bits per heavy atom. The summed E-state index contributed by atoms with van der Waals surface area (Å²) in [6, 6.07) is 7.56. The second kappa shape index (κ2) is 5.65. The van der Waals surface area contributed by atoms with Gasteiger partial charge in [-0.25, -0.2) is 0 Å². The van der Waals surface area contributed by atoms with Crippen molar-refractivity contribution in [3.63, 3.8) is 0 Å². The molecule has 8 heteroatoms. The number of benzene rings is 1. The zero-order valence-electron chi connectivity index (χ0n) is 12.5. The minimum Gasteiger partial charge on any atom is -0.503 e. The number of rotatable bonds is 4. The zero-order chi connectivity index (χ0) is 17.4. The smallest absolute Gasteiger partial charge is 0.289 e. The van der Waals surface area contributed by atoms with E-state index in [0.29, 0.717) is 5.56 Å². The largest absolute Gasteiger partial charge is 0.503 e. The molecule has 0 saturated heterocycles. The number of aliphatic hydroxyl groups excluding tert-OH is 1. The Bertz CT molecular complexity index is 868. The molecule has 0 spiro atoms.